The van der Waals surface area contributed by atoms with Crippen LogP contribution in [0.1, 0.15) is 18.9 Å². The number of allylic oxidation sites excluding steroid dienone is 1. The van der Waals surface area contributed by atoms with Crippen molar-refractivity contribution in [2.45, 2.75) is 26.1 Å². The number of aliphatic hydroxyl groups excluding tert-OH is 1. The molecular formula is C19H22O8. The molecular weight excluding hydrogens is 356 g/mol. The van der Waals surface area contributed by atoms with E-state index in [4.69, 9.17) is 14.2 Å². The SMILES string of the molecule is C/C=C1\[C@H](CC(=O)OCCc2ccc(O)c(O)c2)C(C(=O)OC)=CO[C@@H]1O. The number of hydrogen-bond acceptors (Lipinski definition) is 8. The van der Waals surface area contributed by atoms with Crippen LogP contribution in [0.3, 0.4) is 0 Å². The second-order valence-electron chi connectivity index (χ2n) is 5.89. The Balaban J connectivity index is 1.99. The second-order valence-corrected chi connectivity index (χ2v) is 5.89. The highest BCUT2D eigenvalue weighted by Gasteiger charge is 2.35. The van der Waals surface area contributed by atoms with Gasteiger partial charge in [0.05, 0.1) is 32.0 Å². The Morgan fingerprint density at radius 1 is 1.26 bits per heavy atom. The number of rotatable bonds is 6. The molecule has 2 rings (SSSR count). The first-order valence-corrected chi connectivity index (χ1v) is 8.31. The highest BCUT2D eigenvalue weighted by Crippen LogP contribution is 2.33. The molecule has 0 unspecified atom stereocenters. The fourth-order valence-corrected chi connectivity index (χ4v) is 2.76. The molecule has 8 heteroatoms. The van der Waals surface area contributed by atoms with Gasteiger partial charge in [0.1, 0.15) is 0 Å². The van der Waals surface area contributed by atoms with Gasteiger partial charge < -0.3 is 29.5 Å². The van der Waals surface area contributed by atoms with Crippen LogP contribution in [0.15, 0.2) is 41.7 Å². The number of esters is 2. The minimum absolute atomic E-state index is 0.0528. The predicted octanol–water partition coefficient (Wildman–Crippen LogP) is 1.54. The first-order chi connectivity index (χ1) is 12.9. The minimum Gasteiger partial charge on any atom is -0.504 e. The molecule has 0 saturated heterocycles. The number of hydrogen-bond donors (Lipinski definition) is 3. The summed E-state index contributed by atoms with van der Waals surface area (Å²) in [6, 6.07) is 4.34. The average Bonchev–Trinajstić information content (AvgIpc) is 2.64. The van der Waals surface area contributed by atoms with Crippen molar-refractivity contribution < 1.29 is 39.1 Å². The molecule has 1 heterocycles. The van der Waals surface area contributed by atoms with E-state index in [9.17, 15) is 24.9 Å². The molecule has 1 aromatic rings. The Labute approximate surface area is 156 Å². The highest BCUT2D eigenvalue weighted by atomic mass is 16.6. The van der Waals surface area contributed by atoms with Crippen molar-refractivity contribution in [3.05, 3.63) is 47.2 Å². The van der Waals surface area contributed by atoms with Crippen LogP contribution in [0.5, 0.6) is 11.5 Å². The lowest BCUT2D eigenvalue weighted by molar-refractivity contribution is -0.145. The van der Waals surface area contributed by atoms with Gasteiger partial charge in [-0.25, -0.2) is 4.79 Å². The van der Waals surface area contributed by atoms with Gasteiger partial charge in [-0.3, -0.25) is 4.79 Å². The van der Waals surface area contributed by atoms with E-state index in [1.165, 1.54) is 19.2 Å². The number of aliphatic hydroxyl groups is 1. The van der Waals surface area contributed by atoms with Gasteiger partial charge >= 0.3 is 11.9 Å². The van der Waals surface area contributed by atoms with Crippen LogP contribution in [0.4, 0.5) is 0 Å². The normalized spacial score (nSPS) is 20.6. The summed E-state index contributed by atoms with van der Waals surface area (Å²) < 4.78 is 14.9. The molecule has 2 atom stereocenters. The number of benzene rings is 1. The van der Waals surface area contributed by atoms with Crippen LogP contribution in [-0.2, 0) is 30.2 Å². The van der Waals surface area contributed by atoms with E-state index >= 15 is 0 Å². The van der Waals surface area contributed by atoms with Gasteiger partial charge in [0.2, 0.25) is 6.29 Å². The maximum absolute atomic E-state index is 12.2. The number of methoxy groups -OCH3 is 1. The Hall–Kier alpha value is -3.00. The molecule has 1 aliphatic rings. The third kappa shape index (κ3) is 5.01. The van der Waals surface area contributed by atoms with Crippen molar-refractivity contribution in [2.24, 2.45) is 5.92 Å². The second kappa shape index (κ2) is 9.09. The first kappa shape index (κ1) is 20.3. The minimum atomic E-state index is -1.25. The van der Waals surface area contributed by atoms with Gasteiger partial charge in [-0.15, -0.1) is 0 Å². The van der Waals surface area contributed by atoms with E-state index in [0.29, 0.717) is 17.6 Å². The smallest absolute Gasteiger partial charge is 0.337 e. The summed E-state index contributed by atoms with van der Waals surface area (Å²) in [5.41, 5.74) is 1.18. The third-order valence-corrected chi connectivity index (χ3v) is 4.21. The fourth-order valence-electron chi connectivity index (χ4n) is 2.76. The zero-order valence-electron chi connectivity index (χ0n) is 15.0. The predicted molar refractivity (Wildman–Crippen MR) is 93.5 cm³/mol. The van der Waals surface area contributed by atoms with E-state index in [0.717, 1.165) is 6.26 Å². The van der Waals surface area contributed by atoms with Crippen LogP contribution in [-0.4, -0.2) is 47.3 Å². The zero-order chi connectivity index (χ0) is 20.0. The molecule has 0 amide bonds. The van der Waals surface area contributed by atoms with Crippen LogP contribution in [0, 0.1) is 5.92 Å². The zero-order valence-corrected chi connectivity index (χ0v) is 15.0. The fraction of sp³-hybridized carbons (Fsp3) is 0.368. The molecule has 0 bridgehead atoms. The van der Waals surface area contributed by atoms with Crippen molar-refractivity contribution in [1.82, 2.24) is 0 Å². The van der Waals surface area contributed by atoms with Gasteiger partial charge in [-0.1, -0.05) is 12.1 Å². The van der Waals surface area contributed by atoms with E-state index < -0.39 is 24.1 Å². The van der Waals surface area contributed by atoms with E-state index in [2.05, 4.69) is 0 Å². The average molecular weight is 378 g/mol. The molecule has 1 aromatic carbocycles. The summed E-state index contributed by atoms with van der Waals surface area (Å²) in [7, 11) is 1.21. The highest BCUT2D eigenvalue weighted by molar-refractivity contribution is 5.90. The number of aromatic hydroxyl groups is 2. The van der Waals surface area contributed by atoms with Gasteiger partial charge in [0, 0.05) is 17.9 Å². The molecule has 0 radical (unpaired) electrons. The Morgan fingerprint density at radius 3 is 2.63 bits per heavy atom. The van der Waals surface area contributed by atoms with E-state index in [1.54, 1.807) is 19.1 Å². The molecule has 0 fully saturated rings. The lowest BCUT2D eigenvalue weighted by Gasteiger charge is -2.28. The maximum Gasteiger partial charge on any atom is 0.337 e. The molecule has 0 saturated carbocycles. The van der Waals surface area contributed by atoms with Crippen molar-refractivity contribution in [3.8, 4) is 11.5 Å². The first-order valence-electron chi connectivity index (χ1n) is 8.31. The standard InChI is InChI=1S/C19H22O8/c1-3-12-13(14(18(23)25-2)10-27-19(12)24)9-17(22)26-7-6-11-4-5-15(20)16(21)8-11/h3-5,8,10,13,19-21,24H,6-7,9H2,1-2H3/b12-3+/t13-,19-/m0/s1. The topological polar surface area (TPSA) is 123 Å². The lowest BCUT2D eigenvalue weighted by atomic mass is 9.86. The van der Waals surface area contributed by atoms with Crippen molar-refractivity contribution in [2.75, 3.05) is 13.7 Å². The van der Waals surface area contributed by atoms with Crippen LogP contribution in [0.2, 0.25) is 0 Å². The van der Waals surface area contributed by atoms with Gasteiger partial charge in [-0.2, -0.15) is 0 Å². The largest absolute Gasteiger partial charge is 0.504 e. The molecule has 8 nitrogen and oxygen atoms in total. The number of carbonyl (C=O) groups excluding carboxylic acids is 2. The molecule has 0 aliphatic carbocycles. The Bertz CT molecular complexity index is 765. The van der Waals surface area contributed by atoms with Crippen LogP contribution in [0.25, 0.3) is 0 Å². The summed E-state index contributed by atoms with van der Waals surface area (Å²) in [6.07, 6.45) is 1.60. The third-order valence-electron chi connectivity index (χ3n) is 4.21. The van der Waals surface area contributed by atoms with Gasteiger partial charge in [0.25, 0.3) is 0 Å². The number of carbonyl (C=O) groups is 2. The summed E-state index contributed by atoms with van der Waals surface area (Å²) in [5, 5.41) is 28.7. The number of phenolic OH excluding ortho intramolecular Hbond substituents is 2. The quantitative estimate of drug-likeness (QED) is 0.387. The monoisotopic (exact) mass is 378 g/mol. The molecule has 1 aliphatic heterocycles. The summed E-state index contributed by atoms with van der Waals surface area (Å²) in [4.78, 5) is 24.1. The summed E-state index contributed by atoms with van der Waals surface area (Å²) in [6.45, 7) is 1.72. The number of phenols is 2. The van der Waals surface area contributed by atoms with Gasteiger partial charge in [0.15, 0.2) is 11.5 Å². The van der Waals surface area contributed by atoms with E-state index in [-0.39, 0.29) is 30.1 Å². The van der Waals surface area contributed by atoms with Crippen molar-refractivity contribution in [1.29, 1.82) is 0 Å². The maximum atomic E-state index is 12.2. The Kier molecular flexibility index (Phi) is 6.84. The molecule has 0 aromatic heterocycles. The van der Waals surface area contributed by atoms with Crippen molar-refractivity contribution in [3.63, 3.8) is 0 Å². The van der Waals surface area contributed by atoms with Gasteiger partial charge in [-0.05, 0) is 24.6 Å². The molecule has 146 valence electrons. The molecule has 0 spiro atoms. The molecule has 3 N–H and O–H groups in total. The van der Waals surface area contributed by atoms with Crippen LogP contribution >= 0.6 is 0 Å². The lowest BCUT2D eigenvalue weighted by Crippen LogP contribution is -2.31. The van der Waals surface area contributed by atoms with Crippen molar-refractivity contribution >= 4 is 11.9 Å². The summed E-state index contributed by atoms with van der Waals surface area (Å²) in [5.74, 6) is -2.41. The van der Waals surface area contributed by atoms with Crippen LogP contribution < -0.4 is 0 Å². The number of ether oxygens (including phenoxy) is 3. The Morgan fingerprint density at radius 2 is 2.00 bits per heavy atom. The van der Waals surface area contributed by atoms with E-state index in [1.807, 2.05) is 0 Å². The molecule has 27 heavy (non-hydrogen) atoms. The summed E-state index contributed by atoms with van der Waals surface area (Å²) >= 11 is 0.